The Bertz CT molecular complexity index is 669. The van der Waals surface area contributed by atoms with Gasteiger partial charge < -0.3 is 0 Å². The Kier molecular flexibility index (Phi) is 4.68. The maximum absolute atomic E-state index is 12.2. The van der Waals surface area contributed by atoms with Crippen LogP contribution in [0, 0.1) is 0 Å². The van der Waals surface area contributed by atoms with Crippen molar-refractivity contribution in [3.63, 3.8) is 0 Å². The van der Waals surface area contributed by atoms with Crippen LogP contribution in [-0.4, -0.2) is 8.42 Å². The van der Waals surface area contributed by atoms with Gasteiger partial charge in [0.15, 0.2) is 0 Å². The molecule has 0 amide bonds. The summed E-state index contributed by atoms with van der Waals surface area (Å²) in [4.78, 5) is 0. The number of alkyl halides is 1. The molecule has 20 heavy (non-hydrogen) atoms. The minimum Gasteiger partial charge on any atom is -0.283 e. The van der Waals surface area contributed by atoms with Gasteiger partial charge in [-0.2, -0.15) is 0 Å². The molecule has 0 heterocycles. The fourth-order valence-corrected chi connectivity index (χ4v) is 3.35. The molecular weight excluding hydrogens is 294 g/mol. The van der Waals surface area contributed by atoms with E-state index in [2.05, 4.69) is 4.72 Å². The van der Waals surface area contributed by atoms with Gasteiger partial charge in [-0.05, 0) is 24.1 Å². The number of hydrogen-bond acceptors (Lipinski definition) is 2. The average Bonchev–Trinajstić information content (AvgIpc) is 2.39. The van der Waals surface area contributed by atoms with E-state index in [1.807, 2.05) is 37.3 Å². The molecule has 1 unspecified atom stereocenters. The number of benzene rings is 2. The van der Waals surface area contributed by atoms with Crippen molar-refractivity contribution in [2.45, 2.75) is 18.1 Å². The third-order valence-electron chi connectivity index (χ3n) is 2.85. The van der Waals surface area contributed by atoms with Gasteiger partial charge in [-0.15, -0.1) is 11.6 Å². The van der Waals surface area contributed by atoms with E-state index in [4.69, 9.17) is 11.6 Å². The molecule has 0 saturated carbocycles. The first-order chi connectivity index (χ1) is 9.48. The molecule has 5 heteroatoms. The summed E-state index contributed by atoms with van der Waals surface area (Å²) in [6, 6.07) is 16.2. The summed E-state index contributed by atoms with van der Waals surface area (Å²) in [5, 5.41) is -0.259. The number of anilines is 1. The topological polar surface area (TPSA) is 46.2 Å². The lowest BCUT2D eigenvalue weighted by Crippen LogP contribution is -2.16. The molecule has 2 aromatic carbocycles. The molecule has 0 radical (unpaired) electrons. The van der Waals surface area contributed by atoms with Crippen LogP contribution in [0.15, 0.2) is 54.6 Å². The Morgan fingerprint density at radius 2 is 1.65 bits per heavy atom. The minimum absolute atomic E-state index is 0.0567. The van der Waals surface area contributed by atoms with E-state index >= 15 is 0 Å². The van der Waals surface area contributed by atoms with Crippen molar-refractivity contribution in [1.82, 2.24) is 0 Å². The van der Waals surface area contributed by atoms with E-state index in [-0.39, 0.29) is 11.1 Å². The summed E-state index contributed by atoms with van der Waals surface area (Å²) < 4.78 is 27.0. The summed E-state index contributed by atoms with van der Waals surface area (Å²) in [5.41, 5.74) is 2.05. The Hall–Kier alpha value is -1.52. The van der Waals surface area contributed by atoms with Crippen LogP contribution in [0.5, 0.6) is 0 Å². The number of hydrogen-bond donors (Lipinski definition) is 1. The fraction of sp³-hybridized carbons (Fsp3) is 0.200. The van der Waals surface area contributed by atoms with Gasteiger partial charge in [-0.1, -0.05) is 48.5 Å². The number of para-hydroxylation sites is 1. The molecule has 0 bridgehead atoms. The third kappa shape index (κ3) is 3.99. The van der Waals surface area contributed by atoms with Crippen LogP contribution in [0.25, 0.3) is 0 Å². The van der Waals surface area contributed by atoms with Crippen molar-refractivity contribution in [3.8, 4) is 0 Å². The van der Waals surface area contributed by atoms with Gasteiger partial charge in [0.2, 0.25) is 10.0 Å². The zero-order valence-electron chi connectivity index (χ0n) is 11.1. The monoisotopic (exact) mass is 309 g/mol. The van der Waals surface area contributed by atoms with Gasteiger partial charge in [0.1, 0.15) is 0 Å². The van der Waals surface area contributed by atoms with Crippen LogP contribution in [0.4, 0.5) is 5.69 Å². The van der Waals surface area contributed by atoms with Crippen molar-refractivity contribution in [2.24, 2.45) is 0 Å². The molecule has 0 spiro atoms. The predicted octanol–water partition coefficient (Wildman–Crippen LogP) is 3.93. The highest BCUT2D eigenvalue weighted by molar-refractivity contribution is 7.91. The normalized spacial score (nSPS) is 12.9. The van der Waals surface area contributed by atoms with E-state index in [9.17, 15) is 8.42 Å². The van der Waals surface area contributed by atoms with Crippen molar-refractivity contribution in [3.05, 3.63) is 65.7 Å². The van der Waals surface area contributed by atoms with Crippen LogP contribution in [0.1, 0.15) is 23.4 Å². The summed E-state index contributed by atoms with van der Waals surface area (Å²) in [6.45, 7) is 1.81. The summed E-state index contributed by atoms with van der Waals surface area (Å²) in [5.74, 6) is -0.0567. The van der Waals surface area contributed by atoms with E-state index in [1.54, 1.807) is 24.3 Å². The fourth-order valence-electron chi connectivity index (χ4n) is 1.93. The molecule has 0 saturated heterocycles. The Balaban J connectivity index is 2.21. The molecule has 0 fully saturated rings. The highest BCUT2D eigenvalue weighted by Gasteiger charge is 2.15. The lowest BCUT2D eigenvalue weighted by Gasteiger charge is -2.13. The summed E-state index contributed by atoms with van der Waals surface area (Å²) in [7, 11) is -3.45. The zero-order valence-corrected chi connectivity index (χ0v) is 12.7. The number of nitrogens with one attached hydrogen (secondary N) is 1. The van der Waals surface area contributed by atoms with Gasteiger partial charge >= 0.3 is 0 Å². The van der Waals surface area contributed by atoms with Crippen LogP contribution >= 0.6 is 11.6 Å². The van der Waals surface area contributed by atoms with Gasteiger partial charge in [-0.3, -0.25) is 4.72 Å². The molecule has 0 aliphatic rings. The standard InChI is InChI=1S/C15H16ClNO2S/c1-12(16)14-9-5-6-10-15(14)17-20(18,19)11-13-7-3-2-4-8-13/h2-10,12,17H,11H2,1H3. The second kappa shape index (κ2) is 6.29. The van der Waals surface area contributed by atoms with Gasteiger partial charge in [0, 0.05) is 0 Å². The first kappa shape index (κ1) is 14.9. The Morgan fingerprint density at radius 1 is 1.05 bits per heavy atom. The molecule has 0 aliphatic carbocycles. The highest BCUT2D eigenvalue weighted by Crippen LogP contribution is 2.28. The molecule has 2 aromatic rings. The van der Waals surface area contributed by atoms with E-state index in [0.717, 1.165) is 11.1 Å². The second-order valence-corrected chi connectivity index (χ2v) is 6.93. The molecule has 1 atom stereocenters. The zero-order chi connectivity index (χ0) is 14.6. The quantitative estimate of drug-likeness (QED) is 0.851. The van der Waals surface area contributed by atoms with E-state index in [0.29, 0.717) is 5.69 Å². The van der Waals surface area contributed by atoms with Crippen molar-refractivity contribution < 1.29 is 8.42 Å². The maximum atomic E-state index is 12.2. The van der Waals surface area contributed by atoms with E-state index < -0.39 is 10.0 Å². The average molecular weight is 310 g/mol. The van der Waals surface area contributed by atoms with Crippen LogP contribution in [0.3, 0.4) is 0 Å². The number of rotatable bonds is 5. The SMILES string of the molecule is CC(Cl)c1ccccc1NS(=O)(=O)Cc1ccccc1. The van der Waals surface area contributed by atoms with Gasteiger partial charge in [0.25, 0.3) is 0 Å². The lowest BCUT2D eigenvalue weighted by atomic mass is 10.1. The first-order valence-electron chi connectivity index (χ1n) is 6.25. The minimum atomic E-state index is -3.45. The number of sulfonamides is 1. The predicted molar refractivity (Wildman–Crippen MR) is 83.4 cm³/mol. The van der Waals surface area contributed by atoms with Crippen molar-refractivity contribution in [2.75, 3.05) is 4.72 Å². The molecule has 0 aromatic heterocycles. The largest absolute Gasteiger partial charge is 0.283 e. The first-order valence-corrected chi connectivity index (χ1v) is 8.34. The molecule has 2 rings (SSSR count). The van der Waals surface area contributed by atoms with Gasteiger partial charge in [-0.25, -0.2) is 8.42 Å². The van der Waals surface area contributed by atoms with Crippen LogP contribution in [0.2, 0.25) is 0 Å². The number of halogens is 1. The lowest BCUT2D eigenvalue weighted by molar-refractivity contribution is 0.600. The van der Waals surface area contributed by atoms with Crippen molar-refractivity contribution >= 4 is 27.3 Å². The van der Waals surface area contributed by atoms with E-state index in [1.165, 1.54) is 0 Å². The highest BCUT2D eigenvalue weighted by atomic mass is 35.5. The second-order valence-electron chi connectivity index (χ2n) is 4.55. The Labute approximate surface area is 124 Å². The smallest absolute Gasteiger partial charge is 0.236 e. The van der Waals surface area contributed by atoms with Crippen molar-refractivity contribution in [1.29, 1.82) is 0 Å². The summed E-state index contributed by atoms with van der Waals surface area (Å²) >= 11 is 6.06. The molecule has 3 nitrogen and oxygen atoms in total. The maximum Gasteiger partial charge on any atom is 0.236 e. The molecule has 106 valence electrons. The molecular formula is C15H16ClNO2S. The van der Waals surface area contributed by atoms with Crippen LogP contribution < -0.4 is 4.72 Å². The van der Waals surface area contributed by atoms with Gasteiger partial charge in [0.05, 0.1) is 16.8 Å². The summed E-state index contributed by atoms with van der Waals surface area (Å²) in [6.07, 6.45) is 0. The molecule has 1 N–H and O–H groups in total. The molecule has 0 aliphatic heterocycles. The Morgan fingerprint density at radius 3 is 2.30 bits per heavy atom. The third-order valence-corrected chi connectivity index (χ3v) is 4.33. The van der Waals surface area contributed by atoms with Crippen LogP contribution in [-0.2, 0) is 15.8 Å².